The Bertz CT molecular complexity index is 915. The fourth-order valence-corrected chi connectivity index (χ4v) is 4.73. The predicted octanol–water partition coefficient (Wildman–Crippen LogP) is 3.48. The van der Waals surface area contributed by atoms with Crippen LogP contribution in [0, 0.1) is 0 Å². The summed E-state index contributed by atoms with van der Waals surface area (Å²) in [7, 11) is 3.81. The number of hydrogen-bond acceptors (Lipinski definition) is 6. The Morgan fingerprint density at radius 2 is 1.96 bits per heavy atom. The van der Waals surface area contributed by atoms with Gasteiger partial charge in [0.2, 0.25) is 0 Å². The van der Waals surface area contributed by atoms with Crippen molar-refractivity contribution in [2.45, 2.75) is 30.5 Å². The molecule has 1 aliphatic rings. The zero-order valence-corrected chi connectivity index (χ0v) is 17.4. The summed E-state index contributed by atoms with van der Waals surface area (Å²) in [4.78, 5) is 7.13. The van der Waals surface area contributed by atoms with E-state index in [4.69, 9.17) is 4.74 Å². The largest absolute Gasteiger partial charge is 0.384 e. The molecule has 7 heteroatoms. The van der Waals surface area contributed by atoms with Gasteiger partial charge in [-0.1, -0.05) is 36.0 Å². The Hall–Kier alpha value is -1.96. The van der Waals surface area contributed by atoms with Crippen LogP contribution in [0.5, 0.6) is 0 Å². The number of thioether (sulfide) groups is 1. The van der Waals surface area contributed by atoms with Gasteiger partial charge in [0.15, 0.2) is 5.16 Å². The number of methoxy groups -OCH3 is 1. The minimum Gasteiger partial charge on any atom is -0.384 e. The van der Waals surface area contributed by atoms with Crippen LogP contribution in [-0.2, 0) is 18.3 Å². The van der Waals surface area contributed by atoms with Crippen molar-refractivity contribution in [3.63, 3.8) is 0 Å². The lowest BCUT2D eigenvalue weighted by Gasteiger charge is -2.31. The maximum Gasteiger partial charge on any atom is 0.191 e. The smallest absolute Gasteiger partial charge is 0.191 e. The van der Waals surface area contributed by atoms with Crippen LogP contribution < -0.4 is 0 Å². The van der Waals surface area contributed by atoms with E-state index in [-0.39, 0.29) is 0 Å². The maximum absolute atomic E-state index is 5.13. The van der Waals surface area contributed by atoms with Crippen LogP contribution >= 0.6 is 11.8 Å². The number of para-hydroxylation sites is 1. The van der Waals surface area contributed by atoms with Gasteiger partial charge in [0.1, 0.15) is 5.82 Å². The molecule has 4 rings (SSSR count). The standard InChI is InChI=1S/C21H27N5OS/c1-25-20(23-24-21(25)28-14-13-27-2)17-8-11-26(12-9-17)15-18-6-3-5-16-7-4-10-22-19(16)18/h3-7,10,17H,8-9,11-15H2,1-2H3. The number of piperidine rings is 1. The van der Waals surface area contributed by atoms with Crippen molar-refractivity contribution in [3.05, 3.63) is 47.9 Å². The number of fused-ring (bicyclic) bond motifs is 1. The summed E-state index contributed by atoms with van der Waals surface area (Å²) in [5.74, 6) is 2.50. The maximum atomic E-state index is 5.13. The third-order valence-electron chi connectivity index (χ3n) is 5.45. The molecule has 0 radical (unpaired) electrons. The molecule has 3 aromatic rings. The molecule has 1 fully saturated rings. The minimum atomic E-state index is 0.483. The highest BCUT2D eigenvalue weighted by molar-refractivity contribution is 7.99. The SMILES string of the molecule is COCCSc1nnc(C2CCN(Cc3cccc4cccnc34)CC2)n1C. The molecule has 1 aromatic carbocycles. The van der Waals surface area contributed by atoms with Crippen LogP contribution in [0.4, 0.5) is 0 Å². The molecule has 3 heterocycles. The van der Waals surface area contributed by atoms with Gasteiger partial charge in [-0.25, -0.2) is 0 Å². The third kappa shape index (κ3) is 4.21. The number of benzene rings is 1. The molecule has 0 atom stereocenters. The van der Waals surface area contributed by atoms with Crippen LogP contribution in [0.2, 0.25) is 0 Å². The molecule has 0 spiro atoms. The molecule has 148 valence electrons. The average Bonchev–Trinajstić information content (AvgIpc) is 3.10. The Balaban J connectivity index is 1.37. The van der Waals surface area contributed by atoms with Gasteiger partial charge in [-0.05, 0) is 37.6 Å². The summed E-state index contributed by atoms with van der Waals surface area (Å²) in [5, 5.41) is 11.1. The lowest BCUT2D eigenvalue weighted by Crippen LogP contribution is -2.33. The monoisotopic (exact) mass is 397 g/mol. The second kappa shape index (κ2) is 9.03. The number of nitrogens with zero attached hydrogens (tertiary/aromatic N) is 5. The van der Waals surface area contributed by atoms with Crippen molar-refractivity contribution in [1.82, 2.24) is 24.6 Å². The van der Waals surface area contributed by atoms with E-state index in [1.54, 1.807) is 18.9 Å². The Morgan fingerprint density at radius 1 is 1.14 bits per heavy atom. The number of aromatic nitrogens is 4. The minimum absolute atomic E-state index is 0.483. The molecule has 0 amide bonds. The second-order valence-corrected chi connectivity index (χ2v) is 8.35. The summed E-state index contributed by atoms with van der Waals surface area (Å²) in [6.45, 7) is 3.84. The number of hydrogen-bond donors (Lipinski definition) is 0. The van der Waals surface area contributed by atoms with Crippen LogP contribution in [-0.4, -0.2) is 57.2 Å². The summed E-state index contributed by atoms with van der Waals surface area (Å²) in [5.41, 5.74) is 2.44. The first-order chi connectivity index (χ1) is 13.8. The van der Waals surface area contributed by atoms with E-state index in [0.717, 1.165) is 61.3 Å². The van der Waals surface area contributed by atoms with Crippen molar-refractivity contribution >= 4 is 22.7 Å². The molecule has 1 saturated heterocycles. The molecule has 0 N–H and O–H groups in total. The molecule has 0 bridgehead atoms. The van der Waals surface area contributed by atoms with Gasteiger partial charge in [-0.2, -0.15) is 0 Å². The lowest BCUT2D eigenvalue weighted by molar-refractivity contribution is 0.201. The van der Waals surface area contributed by atoms with Crippen LogP contribution in [0.3, 0.4) is 0 Å². The topological polar surface area (TPSA) is 56.1 Å². The van der Waals surface area contributed by atoms with E-state index in [1.807, 2.05) is 12.3 Å². The predicted molar refractivity (Wildman–Crippen MR) is 113 cm³/mol. The molecule has 1 aliphatic heterocycles. The molecule has 28 heavy (non-hydrogen) atoms. The highest BCUT2D eigenvalue weighted by Crippen LogP contribution is 2.30. The first-order valence-electron chi connectivity index (χ1n) is 9.82. The molecule has 0 unspecified atom stereocenters. The van der Waals surface area contributed by atoms with E-state index in [9.17, 15) is 0 Å². The fraction of sp³-hybridized carbons (Fsp3) is 0.476. The van der Waals surface area contributed by atoms with E-state index >= 15 is 0 Å². The summed E-state index contributed by atoms with van der Waals surface area (Å²) in [6.07, 6.45) is 4.12. The van der Waals surface area contributed by atoms with Gasteiger partial charge in [0.05, 0.1) is 12.1 Å². The summed E-state index contributed by atoms with van der Waals surface area (Å²) >= 11 is 1.71. The van der Waals surface area contributed by atoms with Gasteiger partial charge < -0.3 is 9.30 Å². The van der Waals surface area contributed by atoms with Crippen LogP contribution in [0.25, 0.3) is 10.9 Å². The molecule has 6 nitrogen and oxygen atoms in total. The van der Waals surface area contributed by atoms with Gasteiger partial charge in [0, 0.05) is 44.0 Å². The highest BCUT2D eigenvalue weighted by atomic mass is 32.2. The highest BCUT2D eigenvalue weighted by Gasteiger charge is 2.25. The fourth-order valence-electron chi connectivity index (χ4n) is 3.91. The number of rotatable bonds is 7. The third-order valence-corrected chi connectivity index (χ3v) is 6.43. The molecule has 0 aliphatic carbocycles. The van der Waals surface area contributed by atoms with E-state index in [2.05, 4.69) is 56.0 Å². The van der Waals surface area contributed by atoms with E-state index in [1.165, 1.54) is 10.9 Å². The summed E-state index contributed by atoms with van der Waals surface area (Å²) in [6, 6.07) is 10.6. The second-order valence-electron chi connectivity index (χ2n) is 7.28. The zero-order valence-electron chi connectivity index (χ0n) is 16.5. The number of pyridine rings is 1. The summed E-state index contributed by atoms with van der Waals surface area (Å²) < 4.78 is 7.29. The van der Waals surface area contributed by atoms with Crippen molar-refractivity contribution in [2.75, 3.05) is 32.6 Å². The van der Waals surface area contributed by atoms with Crippen LogP contribution in [0.1, 0.15) is 30.1 Å². The van der Waals surface area contributed by atoms with Crippen molar-refractivity contribution in [3.8, 4) is 0 Å². The van der Waals surface area contributed by atoms with Gasteiger partial charge in [-0.15, -0.1) is 10.2 Å². The molecular formula is C21H27N5OS. The van der Waals surface area contributed by atoms with Crippen LogP contribution in [0.15, 0.2) is 41.7 Å². The molecular weight excluding hydrogens is 370 g/mol. The molecule has 0 saturated carbocycles. The quantitative estimate of drug-likeness (QED) is 0.449. The lowest BCUT2D eigenvalue weighted by atomic mass is 9.95. The van der Waals surface area contributed by atoms with Gasteiger partial charge in [0.25, 0.3) is 0 Å². The first kappa shape index (κ1) is 19.4. The van der Waals surface area contributed by atoms with Crippen molar-refractivity contribution in [1.29, 1.82) is 0 Å². The van der Waals surface area contributed by atoms with Crippen molar-refractivity contribution in [2.24, 2.45) is 7.05 Å². The number of likely N-dealkylation sites (tertiary alicyclic amines) is 1. The van der Waals surface area contributed by atoms with Gasteiger partial charge in [-0.3, -0.25) is 9.88 Å². The van der Waals surface area contributed by atoms with Crippen molar-refractivity contribution < 1.29 is 4.74 Å². The molecule has 2 aromatic heterocycles. The normalized spacial score (nSPS) is 16.1. The Labute approximate surface area is 170 Å². The van der Waals surface area contributed by atoms with E-state index in [0.29, 0.717) is 5.92 Å². The van der Waals surface area contributed by atoms with Gasteiger partial charge >= 0.3 is 0 Å². The van der Waals surface area contributed by atoms with E-state index < -0.39 is 0 Å². The average molecular weight is 398 g/mol. The zero-order chi connectivity index (χ0) is 19.3. The Morgan fingerprint density at radius 3 is 2.79 bits per heavy atom. The first-order valence-corrected chi connectivity index (χ1v) is 10.8. The Kier molecular flexibility index (Phi) is 6.24. The number of ether oxygens (including phenoxy) is 1.